The maximum Gasteiger partial charge on any atom is 0.342 e. The number of benzene rings is 2. The lowest BCUT2D eigenvalue weighted by atomic mass is 10.0. The number of carbonyl (C=O) groups excluding carboxylic acids is 2. The van der Waals surface area contributed by atoms with Crippen LogP contribution < -0.4 is 10.7 Å². The Morgan fingerprint density at radius 1 is 1.03 bits per heavy atom. The van der Waals surface area contributed by atoms with Crippen molar-refractivity contribution in [1.29, 1.82) is 0 Å². The molecular weight excluding hydrogens is 414 g/mol. The Labute approximate surface area is 182 Å². The van der Waals surface area contributed by atoms with Gasteiger partial charge in [0.2, 0.25) is 0 Å². The van der Waals surface area contributed by atoms with Crippen molar-refractivity contribution in [1.82, 2.24) is 5.32 Å². The molecule has 0 atom stereocenters. The van der Waals surface area contributed by atoms with E-state index in [1.54, 1.807) is 19.1 Å². The van der Waals surface area contributed by atoms with Gasteiger partial charge in [0.05, 0.1) is 11.9 Å². The van der Waals surface area contributed by atoms with Gasteiger partial charge >= 0.3 is 5.97 Å². The van der Waals surface area contributed by atoms with Crippen molar-refractivity contribution >= 4 is 34.2 Å². The summed E-state index contributed by atoms with van der Waals surface area (Å²) < 4.78 is 11.2. The fourth-order valence-corrected chi connectivity index (χ4v) is 3.84. The van der Waals surface area contributed by atoms with Crippen LogP contribution in [-0.4, -0.2) is 18.5 Å². The van der Waals surface area contributed by atoms with E-state index >= 15 is 0 Å². The first-order valence-electron chi connectivity index (χ1n) is 9.62. The van der Waals surface area contributed by atoms with Crippen LogP contribution in [0.4, 0.5) is 0 Å². The number of ether oxygens (including phenoxy) is 1. The van der Waals surface area contributed by atoms with Gasteiger partial charge < -0.3 is 14.5 Å². The highest BCUT2D eigenvalue weighted by Gasteiger charge is 2.20. The molecule has 0 saturated heterocycles. The molecule has 156 valence electrons. The van der Waals surface area contributed by atoms with Crippen molar-refractivity contribution in [2.24, 2.45) is 0 Å². The van der Waals surface area contributed by atoms with Crippen LogP contribution in [0.5, 0.6) is 0 Å². The van der Waals surface area contributed by atoms with Gasteiger partial charge in [-0.3, -0.25) is 9.59 Å². The van der Waals surface area contributed by atoms with E-state index in [-0.39, 0.29) is 22.0 Å². The second-order valence-corrected chi connectivity index (χ2v) is 7.90. The summed E-state index contributed by atoms with van der Waals surface area (Å²) in [6.07, 6.45) is 0. The average molecular weight is 433 g/mol. The minimum atomic E-state index is -0.733. The molecule has 0 aliphatic heterocycles. The van der Waals surface area contributed by atoms with Crippen LogP contribution in [0.25, 0.3) is 22.3 Å². The standard InChI is InChI=1S/C24H19NO5S/c1-15-21(27)18-10-5-11-19(23(18)30-22(15)16-7-3-2-4-8-16)24(28)29-14-20(26)25-13-17-9-6-12-31-17/h2-12H,13-14H2,1H3,(H,25,26). The molecule has 1 amide bonds. The number of esters is 1. The molecule has 2 aromatic heterocycles. The zero-order chi connectivity index (χ0) is 21.8. The van der Waals surface area contributed by atoms with E-state index in [9.17, 15) is 14.4 Å². The Balaban J connectivity index is 1.58. The molecule has 2 aromatic carbocycles. The van der Waals surface area contributed by atoms with Crippen molar-refractivity contribution < 1.29 is 18.7 Å². The molecule has 0 fully saturated rings. The molecule has 7 heteroatoms. The number of para-hydroxylation sites is 1. The van der Waals surface area contributed by atoms with Gasteiger partial charge in [-0.15, -0.1) is 11.3 Å². The van der Waals surface area contributed by atoms with Crippen molar-refractivity contribution in [2.75, 3.05) is 6.61 Å². The molecule has 1 N–H and O–H groups in total. The minimum absolute atomic E-state index is 0.0952. The van der Waals surface area contributed by atoms with Gasteiger partial charge in [-0.2, -0.15) is 0 Å². The number of hydrogen-bond donors (Lipinski definition) is 1. The fraction of sp³-hybridized carbons (Fsp3) is 0.125. The maximum absolute atomic E-state index is 12.9. The first-order valence-corrected chi connectivity index (χ1v) is 10.5. The van der Waals surface area contributed by atoms with Gasteiger partial charge in [-0.05, 0) is 30.5 Å². The van der Waals surface area contributed by atoms with Crippen LogP contribution in [0, 0.1) is 6.92 Å². The highest BCUT2D eigenvalue weighted by molar-refractivity contribution is 7.09. The monoisotopic (exact) mass is 433 g/mol. The van der Waals surface area contributed by atoms with Gasteiger partial charge in [0.15, 0.2) is 17.6 Å². The van der Waals surface area contributed by atoms with Crippen molar-refractivity contribution in [3.05, 3.63) is 92.3 Å². The van der Waals surface area contributed by atoms with Gasteiger partial charge in [0, 0.05) is 16.0 Å². The molecule has 0 radical (unpaired) electrons. The number of hydrogen-bond acceptors (Lipinski definition) is 6. The predicted molar refractivity (Wildman–Crippen MR) is 119 cm³/mol. The smallest absolute Gasteiger partial charge is 0.342 e. The van der Waals surface area contributed by atoms with Crippen LogP contribution in [-0.2, 0) is 16.1 Å². The molecule has 0 aliphatic carbocycles. The van der Waals surface area contributed by atoms with E-state index in [2.05, 4.69) is 5.32 Å². The van der Waals surface area contributed by atoms with Crippen LogP contribution >= 0.6 is 11.3 Å². The van der Waals surface area contributed by atoms with Crippen molar-refractivity contribution in [2.45, 2.75) is 13.5 Å². The van der Waals surface area contributed by atoms with E-state index in [1.165, 1.54) is 17.4 Å². The van der Waals surface area contributed by atoms with Crippen LogP contribution in [0.15, 0.2) is 75.3 Å². The number of amides is 1. The Bertz CT molecular complexity index is 1290. The Hall–Kier alpha value is -3.71. The van der Waals surface area contributed by atoms with Crippen LogP contribution in [0.1, 0.15) is 20.8 Å². The first kappa shape index (κ1) is 20.6. The summed E-state index contributed by atoms with van der Waals surface area (Å²) >= 11 is 1.53. The highest BCUT2D eigenvalue weighted by Crippen LogP contribution is 2.27. The zero-order valence-corrected chi connectivity index (χ0v) is 17.5. The number of thiophene rings is 1. The van der Waals surface area contributed by atoms with Crippen molar-refractivity contribution in [3.63, 3.8) is 0 Å². The lowest BCUT2D eigenvalue weighted by molar-refractivity contribution is -0.124. The Morgan fingerprint density at radius 3 is 2.58 bits per heavy atom. The van der Waals surface area contributed by atoms with Gasteiger partial charge in [-0.1, -0.05) is 42.5 Å². The molecule has 0 aliphatic rings. The summed E-state index contributed by atoms with van der Waals surface area (Å²) in [7, 11) is 0. The number of fused-ring (bicyclic) bond motifs is 1. The van der Waals surface area contributed by atoms with E-state index < -0.39 is 18.5 Å². The van der Waals surface area contributed by atoms with Crippen LogP contribution in [0.2, 0.25) is 0 Å². The summed E-state index contributed by atoms with van der Waals surface area (Å²) in [5, 5.41) is 4.90. The van der Waals surface area contributed by atoms with Crippen molar-refractivity contribution in [3.8, 4) is 11.3 Å². The molecule has 4 aromatic rings. The fourth-order valence-electron chi connectivity index (χ4n) is 3.19. The Kier molecular flexibility index (Phi) is 5.95. The SMILES string of the molecule is Cc1c(-c2ccccc2)oc2c(C(=O)OCC(=O)NCc3cccs3)cccc2c1=O. The molecule has 31 heavy (non-hydrogen) atoms. The third-order valence-electron chi connectivity index (χ3n) is 4.78. The molecule has 4 rings (SSSR count). The lowest BCUT2D eigenvalue weighted by Crippen LogP contribution is -2.28. The average Bonchev–Trinajstić information content (AvgIpc) is 3.32. The van der Waals surface area contributed by atoms with Gasteiger partial charge in [0.25, 0.3) is 5.91 Å². The molecule has 0 bridgehead atoms. The number of nitrogens with one attached hydrogen (secondary N) is 1. The first-order chi connectivity index (χ1) is 15.0. The molecular formula is C24H19NO5S. The summed E-state index contributed by atoms with van der Waals surface area (Å²) in [5.74, 6) is -0.751. The second-order valence-electron chi connectivity index (χ2n) is 6.87. The largest absolute Gasteiger partial charge is 0.455 e. The molecule has 0 unspecified atom stereocenters. The second kappa shape index (κ2) is 8.97. The third-order valence-corrected chi connectivity index (χ3v) is 5.65. The van der Waals surface area contributed by atoms with E-state index in [1.807, 2.05) is 47.8 Å². The molecule has 2 heterocycles. The van der Waals surface area contributed by atoms with Crippen LogP contribution in [0.3, 0.4) is 0 Å². The van der Waals surface area contributed by atoms with Gasteiger partial charge in [0.1, 0.15) is 11.3 Å². The molecule has 0 saturated carbocycles. The highest BCUT2D eigenvalue weighted by atomic mass is 32.1. The molecule has 6 nitrogen and oxygen atoms in total. The van der Waals surface area contributed by atoms with Gasteiger partial charge in [-0.25, -0.2) is 4.79 Å². The van der Waals surface area contributed by atoms with E-state index in [0.29, 0.717) is 17.9 Å². The Morgan fingerprint density at radius 2 is 1.84 bits per heavy atom. The third kappa shape index (κ3) is 4.41. The topological polar surface area (TPSA) is 85.6 Å². The van der Waals surface area contributed by atoms with E-state index in [4.69, 9.17) is 9.15 Å². The summed E-state index contributed by atoms with van der Waals surface area (Å²) in [4.78, 5) is 38.6. The molecule has 0 spiro atoms. The predicted octanol–water partition coefficient (Wildman–Crippen LogP) is 4.30. The number of rotatable bonds is 6. The lowest BCUT2D eigenvalue weighted by Gasteiger charge is -2.10. The van der Waals surface area contributed by atoms with E-state index in [0.717, 1.165) is 10.4 Å². The number of carbonyl (C=O) groups is 2. The summed E-state index contributed by atoms with van der Waals surface area (Å²) in [6.45, 7) is 1.63. The quantitative estimate of drug-likeness (QED) is 0.458. The summed E-state index contributed by atoms with van der Waals surface area (Å²) in [6, 6.07) is 17.7. The zero-order valence-electron chi connectivity index (χ0n) is 16.7. The minimum Gasteiger partial charge on any atom is -0.455 e. The normalized spacial score (nSPS) is 10.7. The maximum atomic E-state index is 12.9. The summed E-state index contributed by atoms with van der Waals surface area (Å²) in [5.41, 5.74) is 1.20.